The zero-order chi connectivity index (χ0) is 71.4. The third-order valence-electron chi connectivity index (χ3n) is 18.6. The minimum atomic E-state index is -4.96. The van der Waals surface area contributed by atoms with E-state index in [-0.39, 0.29) is 25.7 Å². The highest BCUT2D eigenvalue weighted by molar-refractivity contribution is 7.47. The second-order valence-corrected chi connectivity index (χ2v) is 31.7. The Morgan fingerprint density at radius 2 is 0.526 bits per heavy atom. The van der Waals surface area contributed by atoms with Crippen LogP contribution in [-0.2, 0) is 65.4 Å². The highest BCUT2D eigenvalue weighted by Gasteiger charge is 2.30. The van der Waals surface area contributed by atoms with Crippen molar-refractivity contribution in [3.05, 3.63) is 0 Å². The quantitative estimate of drug-likeness (QED) is 0.0222. The summed E-state index contributed by atoms with van der Waals surface area (Å²) in [5.74, 6) is -0.539. The fourth-order valence-corrected chi connectivity index (χ4v) is 13.6. The monoisotopic (exact) mass is 1420 g/mol. The van der Waals surface area contributed by atoms with E-state index in [0.717, 1.165) is 102 Å². The average Bonchev–Trinajstić information content (AvgIpc) is 1.31. The van der Waals surface area contributed by atoms with Gasteiger partial charge in [-0.1, -0.05) is 356 Å². The lowest BCUT2D eigenvalue weighted by atomic mass is 9.99. The highest BCUT2D eigenvalue weighted by Crippen LogP contribution is 2.45. The smallest absolute Gasteiger partial charge is 0.462 e. The van der Waals surface area contributed by atoms with Crippen molar-refractivity contribution < 1.29 is 80.2 Å². The van der Waals surface area contributed by atoms with Crippen LogP contribution in [0.2, 0.25) is 0 Å². The van der Waals surface area contributed by atoms with Gasteiger partial charge in [0.25, 0.3) is 0 Å². The second-order valence-electron chi connectivity index (χ2n) is 28.8. The van der Waals surface area contributed by atoms with Crippen LogP contribution >= 0.6 is 15.6 Å². The standard InChI is InChI=1S/C78H152O17P2/c1-7-10-12-14-16-18-20-22-23-24-28-32-35-42-48-54-60-75(80)88-66-73(94-78(83)63-57-51-45-37-33-29-26-25-27-30-34-41-47-53-59-71(6)9-3)68-92-96(84,85)90-64-72(79)65-91-97(86,87)93-69-74(67-89-76(81)61-55-49-43-39-38-40-46-52-58-70(4)5)95-77(82)62-56-50-44-36-31-21-19-17-15-13-11-8-2/h70-74,79H,7-69H2,1-6H3,(H,84,85)(H,86,87)/t71?,72-,73-,74-/m1/s1. The molecule has 0 aliphatic carbocycles. The summed E-state index contributed by atoms with van der Waals surface area (Å²) < 4.78 is 68.6. The van der Waals surface area contributed by atoms with Gasteiger partial charge in [0, 0.05) is 25.7 Å². The van der Waals surface area contributed by atoms with E-state index in [2.05, 4.69) is 41.5 Å². The molecular formula is C78H152O17P2. The first kappa shape index (κ1) is 95.1. The van der Waals surface area contributed by atoms with E-state index in [1.807, 2.05) is 0 Å². The van der Waals surface area contributed by atoms with Crippen LogP contribution in [0.15, 0.2) is 0 Å². The molecule has 0 aromatic heterocycles. The molecule has 0 fully saturated rings. The third-order valence-corrected chi connectivity index (χ3v) is 20.5. The van der Waals surface area contributed by atoms with Gasteiger partial charge in [-0.25, -0.2) is 9.13 Å². The molecule has 0 aromatic carbocycles. The van der Waals surface area contributed by atoms with Crippen molar-refractivity contribution >= 4 is 39.5 Å². The molecule has 0 heterocycles. The Bertz CT molecular complexity index is 1870. The Morgan fingerprint density at radius 3 is 0.784 bits per heavy atom. The predicted molar refractivity (Wildman–Crippen MR) is 395 cm³/mol. The van der Waals surface area contributed by atoms with Crippen molar-refractivity contribution in [1.29, 1.82) is 0 Å². The van der Waals surface area contributed by atoms with Crippen molar-refractivity contribution in [3.63, 3.8) is 0 Å². The summed E-state index contributed by atoms with van der Waals surface area (Å²) in [4.78, 5) is 72.9. The van der Waals surface area contributed by atoms with Gasteiger partial charge in [-0.2, -0.15) is 0 Å². The second kappa shape index (κ2) is 69.8. The van der Waals surface area contributed by atoms with Crippen LogP contribution in [0.5, 0.6) is 0 Å². The van der Waals surface area contributed by atoms with E-state index in [0.29, 0.717) is 25.7 Å². The first-order chi connectivity index (χ1) is 46.9. The van der Waals surface area contributed by atoms with Crippen LogP contribution in [0, 0.1) is 11.8 Å². The van der Waals surface area contributed by atoms with Gasteiger partial charge in [0.15, 0.2) is 12.2 Å². The Hall–Kier alpha value is -1.94. The molecule has 0 saturated carbocycles. The van der Waals surface area contributed by atoms with Crippen LogP contribution in [0.3, 0.4) is 0 Å². The van der Waals surface area contributed by atoms with Crippen LogP contribution in [0.4, 0.5) is 0 Å². The fraction of sp³-hybridized carbons (Fsp3) is 0.949. The number of rotatable bonds is 77. The number of esters is 4. The van der Waals surface area contributed by atoms with Gasteiger partial charge in [0.05, 0.1) is 26.4 Å². The number of carbonyl (C=O) groups is 4. The first-order valence-corrected chi connectivity index (χ1v) is 43.5. The first-order valence-electron chi connectivity index (χ1n) is 40.5. The molecule has 17 nitrogen and oxygen atoms in total. The third kappa shape index (κ3) is 70.9. The maximum Gasteiger partial charge on any atom is 0.472 e. The van der Waals surface area contributed by atoms with Gasteiger partial charge >= 0.3 is 39.5 Å². The largest absolute Gasteiger partial charge is 0.472 e. The highest BCUT2D eigenvalue weighted by atomic mass is 31.2. The van der Waals surface area contributed by atoms with Crippen molar-refractivity contribution in [2.75, 3.05) is 39.6 Å². The lowest BCUT2D eigenvalue weighted by molar-refractivity contribution is -0.161. The average molecular weight is 1420 g/mol. The summed E-state index contributed by atoms with van der Waals surface area (Å²) >= 11 is 0. The van der Waals surface area contributed by atoms with E-state index < -0.39 is 97.5 Å². The van der Waals surface area contributed by atoms with Crippen LogP contribution < -0.4 is 0 Å². The van der Waals surface area contributed by atoms with Gasteiger partial charge in [0.1, 0.15) is 19.3 Å². The lowest BCUT2D eigenvalue weighted by Gasteiger charge is -2.21. The van der Waals surface area contributed by atoms with Crippen molar-refractivity contribution in [2.24, 2.45) is 11.8 Å². The SMILES string of the molecule is CCCCCCCCCCCCCCCCCCC(=O)OC[C@H](COP(=O)(O)OC[C@@H](O)COP(=O)(O)OC[C@@H](COC(=O)CCCCCCCCCCC(C)C)OC(=O)CCCCCCCCCCCCCC)OC(=O)CCCCCCCCCCCCCCCCC(C)CC. The molecule has 0 saturated heterocycles. The zero-order valence-corrected chi connectivity index (χ0v) is 65.2. The number of phosphoric acid groups is 2. The Labute approximate surface area is 594 Å². The van der Waals surface area contributed by atoms with Crippen LogP contribution in [-0.4, -0.2) is 96.7 Å². The molecule has 19 heteroatoms. The van der Waals surface area contributed by atoms with Gasteiger partial charge in [-0.05, 0) is 37.5 Å². The Balaban J connectivity index is 5.25. The van der Waals surface area contributed by atoms with E-state index in [1.165, 1.54) is 225 Å². The molecule has 3 unspecified atom stereocenters. The molecular weight excluding hydrogens is 1270 g/mol. The predicted octanol–water partition coefficient (Wildman–Crippen LogP) is 23.1. The summed E-state index contributed by atoms with van der Waals surface area (Å²) in [6, 6.07) is 0. The number of hydrogen-bond donors (Lipinski definition) is 3. The van der Waals surface area contributed by atoms with E-state index in [9.17, 15) is 43.2 Å². The number of hydrogen-bond acceptors (Lipinski definition) is 15. The minimum absolute atomic E-state index is 0.107. The molecule has 3 N–H and O–H groups in total. The van der Waals surface area contributed by atoms with Gasteiger partial charge in [-0.15, -0.1) is 0 Å². The molecule has 0 bridgehead atoms. The molecule has 0 radical (unpaired) electrons. The topological polar surface area (TPSA) is 237 Å². The van der Waals surface area contributed by atoms with E-state index in [1.54, 1.807) is 0 Å². The van der Waals surface area contributed by atoms with Crippen molar-refractivity contribution in [3.8, 4) is 0 Å². The lowest BCUT2D eigenvalue weighted by Crippen LogP contribution is -2.30. The molecule has 576 valence electrons. The molecule has 0 rings (SSSR count). The molecule has 0 spiro atoms. The van der Waals surface area contributed by atoms with Gasteiger partial charge < -0.3 is 33.8 Å². The van der Waals surface area contributed by atoms with Gasteiger partial charge in [0.2, 0.25) is 0 Å². The zero-order valence-electron chi connectivity index (χ0n) is 63.4. The number of phosphoric ester groups is 2. The molecule has 0 aliphatic heterocycles. The molecule has 0 amide bonds. The molecule has 0 aliphatic rings. The summed E-state index contributed by atoms with van der Waals surface area (Å²) in [6.07, 6.45) is 58.1. The van der Waals surface area contributed by atoms with Crippen molar-refractivity contribution in [1.82, 2.24) is 0 Å². The van der Waals surface area contributed by atoms with E-state index >= 15 is 0 Å². The Kier molecular flexibility index (Phi) is 68.4. The van der Waals surface area contributed by atoms with E-state index in [4.69, 9.17) is 37.0 Å². The molecule has 97 heavy (non-hydrogen) atoms. The van der Waals surface area contributed by atoms with Crippen LogP contribution in [0.25, 0.3) is 0 Å². The fourth-order valence-electron chi connectivity index (χ4n) is 12.0. The number of aliphatic hydroxyl groups excluding tert-OH is 1. The normalized spacial score (nSPS) is 14.2. The summed E-state index contributed by atoms with van der Waals surface area (Å²) in [5, 5.41) is 10.6. The van der Waals surface area contributed by atoms with Gasteiger partial charge in [-0.3, -0.25) is 37.3 Å². The summed E-state index contributed by atoms with van der Waals surface area (Å²) in [5.41, 5.74) is 0. The summed E-state index contributed by atoms with van der Waals surface area (Å²) in [6.45, 7) is 9.63. The molecule has 6 atom stereocenters. The maximum absolute atomic E-state index is 13.1. The number of aliphatic hydroxyl groups is 1. The number of ether oxygens (including phenoxy) is 4. The maximum atomic E-state index is 13.1. The number of unbranched alkanes of at least 4 members (excludes halogenated alkanes) is 46. The molecule has 0 aromatic rings. The minimum Gasteiger partial charge on any atom is -0.462 e. The Morgan fingerprint density at radius 1 is 0.299 bits per heavy atom. The van der Waals surface area contributed by atoms with Crippen molar-refractivity contribution in [2.45, 2.75) is 426 Å². The number of carbonyl (C=O) groups excluding carboxylic acids is 4. The van der Waals surface area contributed by atoms with Crippen LogP contribution in [0.1, 0.15) is 408 Å². The summed E-state index contributed by atoms with van der Waals surface area (Å²) in [7, 11) is -9.91.